The molecular weight excluding hydrogens is 282 g/mol. The minimum absolute atomic E-state index is 0.0309. The summed E-state index contributed by atoms with van der Waals surface area (Å²) in [6.45, 7) is 1.53. The molecule has 0 aliphatic carbocycles. The molecule has 2 aliphatic heterocycles. The molecule has 2 heterocycles. The highest BCUT2D eigenvalue weighted by Crippen LogP contribution is 2.43. The Morgan fingerprint density at radius 3 is 2.41 bits per heavy atom. The highest BCUT2D eigenvalue weighted by atomic mass is 79.9. The van der Waals surface area contributed by atoms with Crippen LogP contribution in [-0.2, 0) is 9.53 Å². The lowest BCUT2D eigenvalue weighted by molar-refractivity contribution is -0.130. The van der Waals surface area contributed by atoms with Crippen molar-refractivity contribution in [3.63, 3.8) is 0 Å². The van der Waals surface area contributed by atoms with Crippen LogP contribution in [0.25, 0.3) is 0 Å². The Labute approximate surface area is 109 Å². The van der Waals surface area contributed by atoms with E-state index in [2.05, 4.69) is 15.9 Å². The van der Waals surface area contributed by atoms with E-state index >= 15 is 0 Å². The summed E-state index contributed by atoms with van der Waals surface area (Å²) in [6.07, 6.45) is 2.58. The summed E-state index contributed by atoms with van der Waals surface area (Å²) in [4.78, 5) is 13.8. The van der Waals surface area contributed by atoms with Crippen LogP contribution < -0.4 is 4.90 Å². The van der Waals surface area contributed by atoms with Gasteiger partial charge in [-0.25, -0.2) is 0 Å². The van der Waals surface area contributed by atoms with Crippen molar-refractivity contribution in [3.05, 3.63) is 28.7 Å². The van der Waals surface area contributed by atoms with E-state index in [9.17, 15) is 4.79 Å². The Balaban J connectivity index is 1.89. The van der Waals surface area contributed by atoms with E-state index in [0.717, 1.165) is 36.2 Å². The maximum atomic E-state index is 11.9. The van der Waals surface area contributed by atoms with Gasteiger partial charge in [0.25, 0.3) is 0 Å². The van der Waals surface area contributed by atoms with E-state index in [1.165, 1.54) is 0 Å². The lowest BCUT2D eigenvalue weighted by Crippen LogP contribution is -2.66. The summed E-state index contributed by atoms with van der Waals surface area (Å²) in [5.74, 6) is 0.231. The van der Waals surface area contributed by atoms with Crippen molar-refractivity contribution in [1.29, 1.82) is 0 Å². The Morgan fingerprint density at radius 2 is 1.82 bits per heavy atom. The maximum Gasteiger partial charge on any atom is 0.229 e. The zero-order valence-electron chi connectivity index (χ0n) is 9.49. The number of benzene rings is 1. The molecule has 17 heavy (non-hydrogen) atoms. The standard InChI is InChI=1S/C13H14BrNO2/c14-10-1-3-11(4-2-10)15-12(16)9-13(15)5-7-17-8-6-13/h1-4H,5-9H2. The molecular formula is C13H14BrNO2. The Morgan fingerprint density at radius 1 is 1.18 bits per heavy atom. The molecule has 2 aliphatic rings. The minimum atomic E-state index is 0.0309. The lowest BCUT2D eigenvalue weighted by Gasteiger charge is -2.54. The van der Waals surface area contributed by atoms with Crippen LogP contribution in [0.15, 0.2) is 28.7 Å². The average Bonchev–Trinajstić information content (AvgIpc) is 2.33. The van der Waals surface area contributed by atoms with Crippen LogP contribution in [0.3, 0.4) is 0 Å². The smallest absolute Gasteiger partial charge is 0.229 e. The van der Waals surface area contributed by atoms with Gasteiger partial charge in [0, 0.05) is 23.4 Å². The molecule has 1 spiro atoms. The number of amides is 1. The summed E-state index contributed by atoms with van der Waals surface area (Å²) in [5.41, 5.74) is 1.04. The minimum Gasteiger partial charge on any atom is -0.381 e. The predicted octanol–water partition coefficient (Wildman–Crippen LogP) is 2.74. The average molecular weight is 296 g/mol. The summed E-state index contributed by atoms with van der Waals surface area (Å²) >= 11 is 3.41. The zero-order chi connectivity index (χ0) is 11.9. The highest BCUT2D eigenvalue weighted by Gasteiger charge is 2.51. The molecule has 2 fully saturated rings. The largest absolute Gasteiger partial charge is 0.381 e. The van der Waals surface area contributed by atoms with Crippen LogP contribution >= 0.6 is 15.9 Å². The Hall–Kier alpha value is -0.870. The second-order valence-corrected chi connectivity index (χ2v) is 5.63. The van der Waals surface area contributed by atoms with Gasteiger partial charge in [-0.2, -0.15) is 0 Å². The normalized spacial score (nSPS) is 22.6. The quantitative estimate of drug-likeness (QED) is 0.746. The van der Waals surface area contributed by atoms with Gasteiger partial charge < -0.3 is 9.64 Å². The monoisotopic (exact) mass is 295 g/mol. The van der Waals surface area contributed by atoms with E-state index < -0.39 is 0 Å². The van der Waals surface area contributed by atoms with Crippen LogP contribution in [0, 0.1) is 0 Å². The molecule has 1 amide bonds. The number of carbonyl (C=O) groups excluding carboxylic acids is 1. The second-order valence-electron chi connectivity index (χ2n) is 4.72. The van der Waals surface area contributed by atoms with Gasteiger partial charge in [0.15, 0.2) is 0 Å². The van der Waals surface area contributed by atoms with Crippen molar-refractivity contribution in [2.75, 3.05) is 18.1 Å². The molecule has 0 N–H and O–H groups in total. The van der Waals surface area contributed by atoms with Gasteiger partial charge in [0.05, 0.1) is 12.0 Å². The third kappa shape index (κ3) is 1.79. The lowest BCUT2D eigenvalue weighted by atomic mass is 9.77. The first-order valence-electron chi connectivity index (χ1n) is 5.88. The third-order valence-electron chi connectivity index (χ3n) is 3.71. The van der Waals surface area contributed by atoms with Gasteiger partial charge in [-0.3, -0.25) is 4.79 Å². The van der Waals surface area contributed by atoms with Crippen molar-refractivity contribution >= 4 is 27.5 Å². The molecule has 0 radical (unpaired) electrons. The number of nitrogens with zero attached hydrogens (tertiary/aromatic N) is 1. The predicted molar refractivity (Wildman–Crippen MR) is 69.0 cm³/mol. The fourth-order valence-electron chi connectivity index (χ4n) is 2.77. The van der Waals surface area contributed by atoms with Gasteiger partial charge >= 0.3 is 0 Å². The van der Waals surface area contributed by atoms with Crippen molar-refractivity contribution in [1.82, 2.24) is 0 Å². The van der Waals surface area contributed by atoms with Gasteiger partial charge in [0.2, 0.25) is 5.91 Å². The van der Waals surface area contributed by atoms with Crippen LogP contribution in [0.2, 0.25) is 0 Å². The topological polar surface area (TPSA) is 29.5 Å². The summed E-state index contributed by atoms with van der Waals surface area (Å²) in [7, 11) is 0. The van der Waals surface area contributed by atoms with E-state index in [4.69, 9.17) is 4.74 Å². The SMILES string of the molecule is O=C1CC2(CCOCC2)N1c1ccc(Br)cc1. The third-order valence-corrected chi connectivity index (χ3v) is 4.24. The van der Waals surface area contributed by atoms with Crippen molar-refractivity contribution in [2.24, 2.45) is 0 Å². The number of hydrogen-bond donors (Lipinski definition) is 0. The van der Waals surface area contributed by atoms with E-state index in [-0.39, 0.29) is 11.4 Å². The number of ether oxygens (including phenoxy) is 1. The first kappa shape index (κ1) is 11.2. The second kappa shape index (κ2) is 4.10. The van der Waals surface area contributed by atoms with Crippen LogP contribution in [0.5, 0.6) is 0 Å². The van der Waals surface area contributed by atoms with Crippen LogP contribution in [-0.4, -0.2) is 24.7 Å². The summed E-state index contributed by atoms with van der Waals surface area (Å²) in [6, 6.07) is 7.96. The van der Waals surface area contributed by atoms with Crippen molar-refractivity contribution in [3.8, 4) is 0 Å². The number of carbonyl (C=O) groups is 1. The zero-order valence-corrected chi connectivity index (χ0v) is 11.1. The maximum absolute atomic E-state index is 11.9. The number of halogens is 1. The van der Waals surface area contributed by atoms with E-state index in [1.807, 2.05) is 29.2 Å². The van der Waals surface area contributed by atoms with Gasteiger partial charge in [-0.1, -0.05) is 15.9 Å². The van der Waals surface area contributed by atoms with E-state index in [1.54, 1.807) is 0 Å². The summed E-state index contributed by atoms with van der Waals surface area (Å²) in [5, 5.41) is 0. The van der Waals surface area contributed by atoms with Crippen molar-refractivity contribution in [2.45, 2.75) is 24.8 Å². The molecule has 3 rings (SSSR count). The molecule has 4 heteroatoms. The first-order valence-corrected chi connectivity index (χ1v) is 6.67. The number of β-lactam (4-membered cyclic amide) rings is 1. The number of rotatable bonds is 1. The molecule has 0 bridgehead atoms. The van der Waals surface area contributed by atoms with E-state index in [0.29, 0.717) is 6.42 Å². The molecule has 0 unspecified atom stereocenters. The molecule has 0 saturated carbocycles. The number of anilines is 1. The molecule has 3 nitrogen and oxygen atoms in total. The molecule has 1 aromatic rings. The molecule has 0 atom stereocenters. The van der Waals surface area contributed by atoms with Crippen LogP contribution in [0.1, 0.15) is 19.3 Å². The first-order chi connectivity index (χ1) is 8.21. The molecule has 0 aromatic heterocycles. The molecule has 1 aromatic carbocycles. The Kier molecular flexibility index (Phi) is 2.71. The highest BCUT2D eigenvalue weighted by molar-refractivity contribution is 9.10. The molecule has 2 saturated heterocycles. The van der Waals surface area contributed by atoms with Gasteiger partial charge in [-0.05, 0) is 37.1 Å². The van der Waals surface area contributed by atoms with Gasteiger partial charge in [-0.15, -0.1) is 0 Å². The molecule has 90 valence electrons. The van der Waals surface area contributed by atoms with Gasteiger partial charge in [0.1, 0.15) is 0 Å². The fraction of sp³-hybridized carbons (Fsp3) is 0.462. The fourth-order valence-corrected chi connectivity index (χ4v) is 3.04. The van der Waals surface area contributed by atoms with Crippen molar-refractivity contribution < 1.29 is 9.53 Å². The summed E-state index contributed by atoms with van der Waals surface area (Å²) < 4.78 is 6.43. The van der Waals surface area contributed by atoms with Crippen LogP contribution in [0.4, 0.5) is 5.69 Å². The Bertz CT molecular complexity index is 437. The number of hydrogen-bond acceptors (Lipinski definition) is 2.